The third kappa shape index (κ3) is 6.17. The zero-order chi connectivity index (χ0) is 22.1. The maximum atomic E-state index is 12.6. The number of carbonyl (C=O) groups excluding carboxylic acids is 3. The molecule has 0 spiro atoms. The van der Waals surface area contributed by atoms with E-state index in [1.165, 1.54) is 7.05 Å². The smallest absolute Gasteiger partial charge is 0.262 e. The van der Waals surface area contributed by atoms with Crippen LogP contribution in [-0.2, 0) is 11.3 Å². The third-order valence-electron chi connectivity index (χ3n) is 4.42. The average Bonchev–Trinajstić information content (AvgIpc) is 2.81. The number of para-hydroxylation sites is 1. The lowest BCUT2D eigenvalue weighted by Crippen LogP contribution is -2.25. The largest absolute Gasteiger partial charge is 0.483 e. The first-order valence-corrected chi connectivity index (χ1v) is 9.73. The van der Waals surface area contributed by atoms with E-state index in [0.29, 0.717) is 29.1 Å². The number of rotatable bonds is 8. The van der Waals surface area contributed by atoms with Crippen molar-refractivity contribution in [3.8, 4) is 5.75 Å². The van der Waals surface area contributed by atoms with Gasteiger partial charge in [0.2, 0.25) is 0 Å². The monoisotopic (exact) mass is 417 g/mol. The molecule has 3 N–H and O–H groups in total. The molecule has 7 nitrogen and oxygen atoms in total. The van der Waals surface area contributed by atoms with E-state index in [4.69, 9.17) is 4.74 Å². The minimum Gasteiger partial charge on any atom is -0.483 e. The van der Waals surface area contributed by atoms with Gasteiger partial charge in [0.1, 0.15) is 5.75 Å². The van der Waals surface area contributed by atoms with Gasteiger partial charge in [-0.2, -0.15) is 0 Å². The number of carbonyl (C=O) groups is 3. The van der Waals surface area contributed by atoms with E-state index in [-0.39, 0.29) is 18.4 Å². The summed E-state index contributed by atoms with van der Waals surface area (Å²) in [6.45, 7) is 0.101. The summed E-state index contributed by atoms with van der Waals surface area (Å²) in [5.74, 6) is -0.642. The average molecular weight is 417 g/mol. The number of nitrogens with one attached hydrogen (secondary N) is 3. The van der Waals surface area contributed by atoms with Crippen LogP contribution in [-0.4, -0.2) is 31.4 Å². The highest BCUT2D eigenvalue weighted by atomic mass is 16.5. The van der Waals surface area contributed by atoms with Gasteiger partial charge in [-0.05, 0) is 35.9 Å². The molecular weight excluding hydrogens is 394 g/mol. The number of amides is 3. The maximum absolute atomic E-state index is 12.6. The molecule has 0 aromatic heterocycles. The topological polar surface area (TPSA) is 96.5 Å². The van der Waals surface area contributed by atoms with E-state index in [2.05, 4.69) is 16.0 Å². The summed E-state index contributed by atoms with van der Waals surface area (Å²) >= 11 is 0. The highest BCUT2D eigenvalue weighted by Gasteiger charge is 2.14. The second kappa shape index (κ2) is 10.6. The summed E-state index contributed by atoms with van der Waals surface area (Å²) < 4.78 is 5.59. The van der Waals surface area contributed by atoms with E-state index < -0.39 is 5.91 Å². The molecule has 0 bridgehead atoms. The number of hydrogen-bond acceptors (Lipinski definition) is 4. The summed E-state index contributed by atoms with van der Waals surface area (Å²) in [5, 5.41) is 8.06. The van der Waals surface area contributed by atoms with Crippen LogP contribution in [0.15, 0.2) is 78.9 Å². The Morgan fingerprint density at radius 1 is 0.839 bits per heavy atom. The standard InChI is InChI=1S/C24H23N3O4/c1-25-23(29)18-10-7-11-19(14-18)27-22(28)16-31-21-13-6-5-12-20(21)24(30)26-15-17-8-3-2-4-9-17/h2-14H,15-16H2,1H3,(H,25,29)(H,26,30)(H,27,28). The minimum atomic E-state index is -0.409. The molecule has 0 saturated heterocycles. The molecule has 3 aromatic rings. The SMILES string of the molecule is CNC(=O)c1cccc(NC(=O)COc2ccccc2C(=O)NCc2ccccc2)c1. The first kappa shape index (κ1) is 21.6. The maximum Gasteiger partial charge on any atom is 0.262 e. The van der Waals surface area contributed by atoms with Crippen LogP contribution in [0.4, 0.5) is 5.69 Å². The lowest BCUT2D eigenvalue weighted by molar-refractivity contribution is -0.118. The number of ether oxygens (including phenoxy) is 1. The van der Waals surface area contributed by atoms with Crippen molar-refractivity contribution in [3.05, 3.63) is 95.6 Å². The van der Waals surface area contributed by atoms with Crippen molar-refractivity contribution in [1.29, 1.82) is 0 Å². The highest BCUT2D eigenvalue weighted by Crippen LogP contribution is 2.18. The number of anilines is 1. The van der Waals surface area contributed by atoms with Crippen molar-refractivity contribution in [2.45, 2.75) is 6.54 Å². The predicted octanol–water partition coefficient (Wildman–Crippen LogP) is 2.99. The molecule has 3 rings (SSSR count). The molecule has 0 fully saturated rings. The predicted molar refractivity (Wildman–Crippen MR) is 118 cm³/mol. The van der Waals surface area contributed by atoms with Crippen molar-refractivity contribution in [1.82, 2.24) is 10.6 Å². The molecule has 0 atom stereocenters. The number of benzene rings is 3. The van der Waals surface area contributed by atoms with Crippen LogP contribution in [0, 0.1) is 0 Å². The van der Waals surface area contributed by atoms with Crippen molar-refractivity contribution in [2.75, 3.05) is 19.0 Å². The molecule has 0 heterocycles. The Morgan fingerprint density at radius 2 is 1.58 bits per heavy atom. The van der Waals surface area contributed by atoms with Gasteiger partial charge in [0, 0.05) is 24.8 Å². The zero-order valence-corrected chi connectivity index (χ0v) is 17.1. The van der Waals surface area contributed by atoms with Gasteiger partial charge >= 0.3 is 0 Å². The first-order valence-electron chi connectivity index (χ1n) is 9.73. The molecule has 3 amide bonds. The van der Waals surface area contributed by atoms with Crippen LogP contribution in [0.25, 0.3) is 0 Å². The van der Waals surface area contributed by atoms with E-state index >= 15 is 0 Å². The van der Waals surface area contributed by atoms with Gasteiger partial charge in [0.05, 0.1) is 5.56 Å². The van der Waals surface area contributed by atoms with E-state index in [1.54, 1.807) is 48.5 Å². The minimum absolute atomic E-state index is 0.247. The van der Waals surface area contributed by atoms with E-state index in [9.17, 15) is 14.4 Å². The van der Waals surface area contributed by atoms with E-state index in [0.717, 1.165) is 5.56 Å². The van der Waals surface area contributed by atoms with Crippen LogP contribution in [0.5, 0.6) is 5.75 Å². The summed E-state index contributed by atoms with van der Waals surface area (Å²) in [7, 11) is 1.54. The Kier molecular flexibility index (Phi) is 7.37. The third-order valence-corrected chi connectivity index (χ3v) is 4.42. The Hall–Kier alpha value is -4.13. The molecule has 158 valence electrons. The molecule has 0 saturated carbocycles. The van der Waals surface area contributed by atoms with Crippen molar-refractivity contribution >= 4 is 23.4 Å². The fourth-order valence-corrected chi connectivity index (χ4v) is 2.88. The summed E-state index contributed by atoms with van der Waals surface area (Å²) in [6.07, 6.45) is 0. The van der Waals surface area contributed by atoms with Crippen LogP contribution in [0.1, 0.15) is 26.3 Å². The molecule has 31 heavy (non-hydrogen) atoms. The molecular formula is C24H23N3O4. The van der Waals surface area contributed by atoms with Crippen molar-refractivity contribution < 1.29 is 19.1 Å². The van der Waals surface area contributed by atoms with Gasteiger partial charge < -0.3 is 20.7 Å². The number of hydrogen-bond donors (Lipinski definition) is 3. The van der Waals surface area contributed by atoms with Gasteiger partial charge in [-0.15, -0.1) is 0 Å². The molecule has 7 heteroatoms. The van der Waals surface area contributed by atoms with Crippen LogP contribution in [0.2, 0.25) is 0 Å². The molecule has 0 radical (unpaired) electrons. The van der Waals surface area contributed by atoms with Gasteiger partial charge in [-0.3, -0.25) is 14.4 Å². The molecule has 0 aliphatic rings. The Bertz CT molecular complexity index is 1070. The van der Waals surface area contributed by atoms with E-state index in [1.807, 2.05) is 30.3 Å². The lowest BCUT2D eigenvalue weighted by atomic mass is 10.1. The normalized spacial score (nSPS) is 10.1. The molecule has 3 aromatic carbocycles. The molecule has 0 aliphatic carbocycles. The second-order valence-electron chi connectivity index (χ2n) is 6.66. The fourth-order valence-electron chi connectivity index (χ4n) is 2.88. The lowest BCUT2D eigenvalue weighted by Gasteiger charge is -2.12. The van der Waals surface area contributed by atoms with Crippen LogP contribution < -0.4 is 20.7 Å². The van der Waals surface area contributed by atoms with Gasteiger partial charge in [-0.25, -0.2) is 0 Å². The second-order valence-corrected chi connectivity index (χ2v) is 6.66. The highest BCUT2D eigenvalue weighted by molar-refractivity contribution is 5.98. The Labute approximate surface area is 180 Å². The van der Waals surface area contributed by atoms with Crippen molar-refractivity contribution in [3.63, 3.8) is 0 Å². The first-order chi connectivity index (χ1) is 15.1. The Morgan fingerprint density at radius 3 is 2.35 bits per heavy atom. The summed E-state index contributed by atoms with van der Waals surface area (Å²) in [6, 6.07) is 22.9. The summed E-state index contributed by atoms with van der Waals surface area (Å²) in [4.78, 5) is 36.6. The Balaban J connectivity index is 1.58. The zero-order valence-electron chi connectivity index (χ0n) is 17.1. The molecule has 0 aliphatic heterocycles. The van der Waals surface area contributed by atoms with Crippen LogP contribution in [0.3, 0.4) is 0 Å². The summed E-state index contributed by atoms with van der Waals surface area (Å²) in [5.41, 5.74) is 2.23. The molecule has 0 unspecified atom stereocenters. The van der Waals surface area contributed by atoms with Crippen molar-refractivity contribution in [2.24, 2.45) is 0 Å². The van der Waals surface area contributed by atoms with Gasteiger partial charge in [-0.1, -0.05) is 48.5 Å². The quantitative estimate of drug-likeness (QED) is 0.525. The van der Waals surface area contributed by atoms with Gasteiger partial charge in [0.25, 0.3) is 17.7 Å². The van der Waals surface area contributed by atoms with Gasteiger partial charge in [0.15, 0.2) is 6.61 Å². The van der Waals surface area contributed by atoms with Crippen LogP contribution >= 0.6 is 0 Å². The fraction of sp³-hybridized carbons (Fsp3) is 0.125.